The largest absolute Gasteiger partial charge is 0.475 e. The van der Waals surface area contributed by atoms with Gasteiger partial charge in [0.1, 0.15) is 11.5 Å². The van der Waals surface area contributed by atoms with E-state index in [1.807, 2.05) is 0 Å². The number of aromatic nitrogens is 4. The van der Waals surface area contributed by atoms with Gasteiger partial charge in [0.25, 0.3) is 5.88 Å². The summed E-state index contributed by atoms with van der Waals surface area (Å²) in [6, 6.07) is 0.852. The number of halogens is 4. The number of aryl methyl sites for hydroxylation is 2. The molecule has 1 aliphatic heterocycles. The third-order valence-corrected chi connectivity index (χ3v) is 4.38. The average molecular weight is 385 g/mol. The Hall–Kier alpha value is -2.52. The normalized spacial score (nSPS) is 15.9. The van der Waals surface area contributed by atoms with Crippen LogP contribution in [0.25, 0.3) is 0 Å². The third-order valence-electron chi connectivity index (χ3n) is 4.38. The van der Waals surface area contributed by atoms with Crippen LogP contribution in [0.3, 0.4) is 0 Å². The highest BCUT2D eigenvalue weighted by molar-refractivity contribution is 5.31. The lowest BCUT2D eigenvalue weighted by Gasteiger charge is -2.32. The van der Waals surface area contributed by atoms with Gasteiger partial charge in [-0.15, -0.1) is 0 Å². The van der Waals surface area contributed by atoms with Crippen LogP contribution < -0.4 is 9.64 Å². The standard InChI is InChI=1S/C17H19F4N5O/c1-10-14(18)15(24-11(2)23-10)27-9-12-4-7-26(8-5-12)16-22-6-3-13(25-16)17(19,20)21/h3,6,12H,4-5,7-9H2,1-2H3. The van der Waals surface area contributed by atoms with Gasteiger partial charge in [0.05, 0.1) is 12.3 Å². The van der Waals surface area contributed by atoms with Crippen LogP contribution in [-0.4, -0.2) is 39.6 Å². The summed E-state index contributed by atoms with van der Waals surface area (Å²) in [5.74, 6) is -0.00114. The van der Waals surface area contributed by atoms with Crippen molar-refractivity contribution in [2.75, 3.05) is 24.6 Å². The van der Waals surface area contributed by atoms with Crippen molar-refractivity contribution in [3.05, 3.63) is 35.3 Å². The predicted molar refractivity (Wildman–Crippen MR) is 88.9 cm³/mol. The number of nitrogens with zero attached hydrogens (tertiary/aromatic N) is 5. The molecule has 0 saturated carbocycles. The lowest BCUT2D eigenvalue weighted by Crippen LogP contribution is -2.37. The number of ether oxygens (including phenoxy) is 1. The van der Waals surface area contributed by atoms with Crippen molar-refractivity contribution in [2.24, 2.45) is 5.92 Å². The van der Waals surface area contributed by atoms with E-state index >= 15 is 0 Å². The van der Waals surface area contributed by atoms with Gasteiger partial charge in [-0.3, -0.25) is 0 Å². The van der Waals surface area contributed by atoms with E-state index in [0.29, 0.717) is 31.8 Å². The molecule has 3 heterocycles. The minimum Gasteiger partial charge on any atom is -0.475 e. The molecule has 2 aromatic heterocycles. The van der Waals surface area contributed by atoms with Crippen molar-refractivity contribution in [3.63, 3.8) is 0 Å². The molecule has 6 nitrogen and oxygen atoms in total. The van der Waals surface area contributed by atoms with E-state index in [-0.39, 0.29) is 30.0 Å². The molecular weight excluding hydrogens is 366 g/mol. The molecule has 0 aromatic carbocycles. The summed E-state index contributed by atoms with van der Waals surface area (Å²) in [6.45, 7) is 4.49. The fourth-order valence-corrected chi connectivity index (χ4v) is 2.92. The van der Waals surface area contributed by atoms with E-state index in [2.05, 4.69) is 19.9 Å². The van der Waals surface area contributed by atoms with Crippen LogP contribution in [-0.2, 0) is 6.18 Å². The van der Waals surface area contributed by atoms with Crippen LogP contribution in [0.4, 0.5) is 23.5 Å². The fraction of sp³-hybridized carbons (Fsp3) is 0.529. The first kappa shape index (κ1) is 19.2. The number of hydrogen-bond acceptors (Lipinski definition) is 6. The van der Waals surface area contributed by atoms with Crippen LogP contribution >= 0.6 is 0 Å². The summed E-state index contributed by atoms with van der Waals surface area (Å²) in [6.07, 6.45) is -2.04. The zero-order valence-corrected chi connectivity index (χ0v) is 14.9. The topological polar surface area (TPSA) is 64.0 Å². The first-order valence-corrected chi connectivity index (χ1v) is 8.52. The highest BCUT2D eigenvalue weighted by Crippen LogP contribution is 2.29. The molecule has 1 saturated heterocycles. The van der Waals surface area contributed by atoms with Crippen LogP contribution in [0.5, 0.6) is 5.88 Å². The fourth-order valence-electron chi connectivity index (χ4n) is 2.92. The summed E-state index contributed by atoms with van der Waals surface area (Å²) < 4.78 is 57.9. The van der Waals surface area contributed by atoms with Gasteiger partial charge in [-0.1, -0.05) is 0 Å². The second kappa shape index (κ2) is 7.61. The molecule has 0 amide bonds. The van der Waals surface area contributed by atoms with Crippen molar-refractivity contribution in [1.82, 2.24) is 19.9 Å². The molecule has 1 fully saturated rings. The summed E-state index contributed by atoms with van der Waals surface area (Å²) in [4.78, 5) is 17.2. The molecule has 0 bridgehead atoms. The highest BCUT2D eigenvalue weighted by atomic mass is 19.4. The van der Waals surface area contributed by atoms with Gasteiger partial charge in [0, 0.05) is 19.3 Å². The van der Waals surface area contributed by atoms with Crippen molar-refractivity contribution in [1.29, 1.82) is 0 Å². The Morgan fingerprint density at radius 1 is 1.15 bits per heavy atom. The molecule has 146 valence electrons. The van der Waals surface area contributed by atoms with Crippen molar-refractivity contribution in [3.8, 4) is 5.88 Å². The maximum absolute atomic E-state index is 14.0. The smallest absolute Gasteiger partial charge is 0.433 e. The zero-order valence-electron chi connectivity index (χ0n) is 14.9. The minimum atomic E-state index is -4.50. The highest BCUT2D eigenvalue weighted by Gasteiger charge is 2.33. The van der Waals surface area contributed by atoms with Crippen molar-refractivity contribution < 1.29 is 22.3 Å². The monoisotopic (exact) mass is 385 g/mol. The van der Waals surface area contributed by atoms with Gasteiger partial charge in [-0.2, -0.15) is 22.5 Å². The van der Waals surface area contributed by atoms with Gasteiger partial charge in [-0.05, 0) is 38.7 Å². The number of hydrogen-bond donors (Lipinski definition) is 0. The van der Waals surface area contributed by atoms with Crippen LogP contribution in [0.2, 0.25) is 0 Å². The molecule has 2 aromatic rings. The van der Waals surface area contributed by atoms with Crippen LogP contribution in [0.15, 0.2) is 12.3 Å². The Morgan fingerprint density at radius 2 is 1.85 bits per heavy atom. The molecule has 27 heavy (non-hydrogen) atoms. The summed E-state index contributed by atoms with van der Waals surface area (Å²) in [5, 5.41) is 0. The molecule has 1 aliphatic rings. The van der Waals surface area contributed by atoms with Gasteiger partial charge in [0.2, 0.25) is 11.8 Å². The second-order valence-electron chi connectivity index (χ2n) is 6.46. The first-order chi connectivity index (χ1) is 12.7. The van der Waals surface area contributed by atoms with Gasteiger partial charge in [-0.25, -0.2) is 15.0 Å². The Balaban J connectivity index is 1.57. The number of anilines is 1. The quantitative estimate of drug-likeness (QED) is 0.753. The summed E-state index contributed by atoms with van der Waals surface area (Å²) in [5.41, 5.74) is -0.725. The number of alkyl halides is 3. The zero-order chi connectivity index (χ0) is 19.6. The molecule has 10 heteroatoms. The van der Waals surface area contributed by atoms with E-state index in [1.54, 1.807) is 18.7 Å². The van der Waals surface area contributed by atoms with Gasteiger partial charge < -0.3 is 9.64 Å². The molecular formula is C17H19F4N5O. The van der Waals surface area contributed by atoms with E-state index in [1.165, 1.54) is 0 Å². The molecule has 0 N–H and O–H groups in total. The Morgan fingerprint density at radius 3 is 2.52 bits per heavy atom. The number of rotatable bonds is 4. The molecule has 0 aliphatic carbocycles. The first-order valence-electron chi connectivity index (χ1n) is 8.52. The molecule has 0 radical (unpaired) electrons. The third kappa shape index (κ3) is 4.61. The van der Waals surface area contributed by atoms with Gasteiger partial charge in [0.15, 0.2) is 0 Å². The average Bonchev–Trinajstić information content (AvgIpc) is 2.63. The van der Waals surface area contributed by atoms with E-state index < -0.39 is 17.7 Å². The summed E-state index contributed by atoms with van der Waals surface area (Å²) >= 11 is 0. The minimum absolute atomic E-state index is 0.0661. The molecule has 0 atom stereocenters. The van der Waals surface area contributed by atoms with Crippen LogP contribution in [0.1, 0.15) is 30.1 Å². The number of piperidine rings is 1. The molecule has 0 unspecified atom stereocenters. The van der Waals surface area contributed by atoms with Crippen molar-refractivity contribution >= 4 is 5.95 Å². The summed E-state index contributed by atoms with van der Waals surface area (Å²) in [7, 11) is 0. The maximum Gasteiger partial charge on any atom is 0.433 e. The Labute approximate surface area is 153 Å². The predicted octanol–water partition coefficient (Wildman–Crippen LogP) is 3.34. The van der Waals surface area contributed by atoms with Crippen LogP contribution in [0, 0.1) is 25.6 Å². The van der Waals surface area contributed by atoms with E-state index in [0.717, 1.165) is 12.3 Å². The lowest BCUT2D eigenvalue weighted by atomic mass is 9.98. The second-order valence-corrected chi connectivity index (χ2v) is 6.46. The van der Waals surface area contributed by atoms with Gasteiger partial charge >= 0.3 is 6.18 Å². The molecule has 3 rings (SSSR count). The molecule has 0 spiro atoms. The van der Waals surface area contributed by atoms with E-state index in [4.69, 9.17) is 4.74 Å². The lowest BCUT2D eigenvalue weighted by molar-refractivity contribution is -0.141. The SMILES string of the molecule is Cc1nc(C)c(F)c(OCC2CCN(c3nccc(C(F)(F)F)n3)CC2)n1. The van der Waals surface area contributed by atoms with E-state index in [9.17, 15) is 17.6 Å². The Kier molecular flexibility index (Phi) is 5.43. The van der Waals surface area contributed by atoms with Crippen molar-refractivity contribution in [2.45, 2.75) is 32.9 Å². The Bertz CT molecular complexity index is 806. The maximum atomic E-state index is 14.0.